The molecular weight excluding hydrogens is 481 g/mol. The van der Waals surface area contributed by atoms with Crippen molar-refractivity contribution in [1.29, 1.82) is 0 Å². The number of aromatic nitrogens is 1. The number of sulfonamides is 1. The van der Waals surface area contributed by atoms with Crippen molar-refractivity contribution in [3.63, 3.8) is 0 Å². The molecule has 0 N–H and O–H groups in total. The summed E-state index contributed by atoms with van der Waals surface area (Å²) in [6.45, 7) is 1.21. The van der Waals surface area contributed by atoms with E-state index in [2.05, 4.69) is 4.98 Å². The fraction of sp³-hybridized carbons (Fsp3) is 0.167. The lowest BCUT2D eigenvalue weighted by Crippen LogP contribution is -2.50. The predicted molar refractivity (Wildman–Crippen MR) is 134 cm³/mol. The number of piperazine rings is 1. The van der Waals surface area contributed by atoms with Crippen molar-refractivity contribution in [3.05, 3.63) is 94.6 Å². The van der Waals surface area contributed by atoms with Gasteiger partial charge in [0.05, 0.1) is 0 Å². The zero-order valence-electron chi connectivity index (χ0n) is 17.7. The molecule has 1 aliphatic rings. The summed E-state index contributed by atoms with van der Waals surface area (Å²) in [6, 6.07) is 18.2. The number of carbonyl (C=O) groups excluding carboxylic acids is 1. The minimum atomic E-state index is -3.56. The normalized spacial score (nSPS) is 14.8. The number of hydrogen-bond acceptors (Lipinski definition) is 4. The summed E-state index contributed by atoms with van der Waals surface area (Å²) in [5.41, 5.74) is 3.38. The molecule has 172 valence electrons. The summed E-state index contributed by atoms with van der Waals surface area (Å²) in [5.74, 6) is -0.0972. The minimum Gasteiger partial charge on any atom is -0.336 e. The number of halogens is 2. The molecule has 1 aromatic heterocycles. The molecule has 33 heavy (non-hydrogen) atoms. The highest BCUT2D eigenvalue weighted by molar-refractivity contribution is 7.92. The summed E-state index contributed by atoms with van der Waals surface area (Å²) in [5, 5.41) is 1.80. The van der Waals surface area contributed by atoms with Crippen LogP contribution in [0.25, 0.3) is 17.2 Å². The van der Waals surface area contributed by atoms with Crippen molar-refractivity contribution in [3.8, 4) is 11.1 Å². The molecule has 6 nitrogen and oxygen atoms in total. The molecule has 0 atom stereocenters. The standard InChI is InChI=1S/C24H22ClN3O3S.ClH/c25-23-7-1-19(2-8-23)11-18-32(30,31)28-16-14-27(15-17-28)24(29)22-5-3-20(4-6-22)21-9-12-26-13-10-21;/h1-13,18H,14-17H2;1H/b18-11+;. The minimum absolute atomic E-state index is 0. The third kappa shape index (κ3) is 6.21. The van der Waals surface area contributed by atoms with Crippen LogP contribution in [0, 0.1) is 0 Å². The maximum Gasteiger partial charge on any atom is 0.253 e. The first kappa shape index (κ1) is 24.9. The number of amides is 1. The van der Waals surface area contributed by atoms with E-state index in [4.69, 9.17) is 11.6 Å². The average molecular weight is 504 g/mol. The topological polar surface area (TPSA) is 70.6 Å². The first-order valence-corrected chi connectivity index (χ1v) is 12.0. The van der Waals surface area contributed by atoms with Gasteiger partial charge >= 0.3 is 0 Å². The molecule has 0 bridgehead atoms. The van der Waals surface area contributed by atoms with Crippen LogP contribution in [0.2, 0.25) is 5.02 Å². The summed E-state index contributed by atoms with van der Waals surface area (Å²) in [6.07, 6.45) is 5.01. The van der Waals surface area contributed by atoms with Crippen LogP contribution in [0.3, 0.4) is 0 Å². The fourth-order valence-corrected chi connectivity index (χ4v) is 4.80. The van der Waals surface area contributed by atoms with E-state index in [0.717, 1.165) is 16.7 Å². The van der Waals surface area contributed by atoms with Crippen molar-refractivity contribution < 1.29 is 13.2 Å². The van der Waals surface area contributed by atoms with Crippen LogP contribution in [-0.4, -0.2) is 54.7 Å². The maximum atomic E-state index is 12.9. The van der Waals surface area contributed by atoms with E-state index in [-0.39, 0.29) is 31.4 Å². The lowest BCUT2D eigenvalue weighted by Gasteiger charge is -2.33. The predicted octanol–water partition coefficient (Wildman–Crippen LogP) is 4.58. The Bertz CT molecular complexity index is 1210. The van der Waals surface area contributed by atoms with Gasteiger partial charge < -0.3 is 4.90 Å². The van der Waals surface area contributed by atoms with E-state index in [9.17, 15) is 13.2 Å². The van der Waals surface area contributed by atoms with Gasteiger partial charge in [0.15, 0.2) is 0 Å². The number of rotatable bonds is 5. The van der Waals surface area contributed by atoms with Gasteiger partial charge in [0.25, 0.3) is 5.91 Å². The summed E-state index contributed by atoms with van der Waals surface area (Å²) < 4.78 is 26.7. The Kier molecular flexibility index (Phi) is 8.26. The molecule has 0 spiro atoms. The Morgan fingerprint density at radius 2 is 1.42 bits per heavy atom. The fourth-order valence-electron chi connectivity index (χ4n) is 3.50. The Labute approximate surface area is 205 Å². The van der Waals surface area contributed by atoms with Gasteiger partial charge in [0.2, 0.25) is 10.0 Å². The van der Waals surface area contributed by atoms with E-state index in [1.54, 1.807) is 59.8 Å². The lowest BCUT2D eigenvalue weighted by molar-refractivity contribution is 0.0698. The number of hydrogen-bond donors (Lipinski definition) is 0. The van der Waals surface area contributed by atoms with Gasteiger partial charge in [0, 0.05) is 54.6 Å². The smallest absolute Gasteiger partial charge is 0.253 e. The molecule has 2 heterocycles. The number of nitrogens with zero attached hydrogens (tertiary/aromatic N) is 3. The van der Waals surface area contributed by atoms with Crippen LogP contribution in [0.15, 0.2) is 78.5 Å². The summed E-state index contributed by atoms with van der Waals surface area (Å²) in [4.78, 5) is 18.6. The molecular formula is C24H23Cl2N3O3S. The van der Waals surface area contributed by atoms with Gasteiger partial charge in [-0.3, -0.25) is 9.78 Å². The molecule has 1 fully saturated rings. The van der Waals surface area contributed by atoms with E-state index < -0.39 is 10.0 Å². The SMILES string of the molecule is Cl.O=C(c1ccc(-c2ccncc2)cc1)N1CCN(S(=O)(=O)/C=C/c2ccc(Cl)cc2)CC1. The highest BCUT2D eigenvalue weighted by atomic mass is 35.5. The van der Waals surface area contributed by atoms with Crippen molar-refractivity contribution >= 4 is 46.0 Å². The monoisotopic (exact) mass is 503 g/mol. The summed E-state index contributed by atoms with van der Waals surface area (Å²) >= 11 is 5.86. The van der Waals surface area contributed by atoms with Gasteiger partial charge in [-0.15, -0.1) is 12.4 Å². The molecule has 4 rings (SSSR count). The molecule has 0 unspecified atom stereocenters. The van der Waals surface area contributed by atoms with Crippen LogP contribution in [0.1, 0.15) is 15.9 Å². The van der Waals surface area contributed by atoms with Crippen LogP contribution < -0.4 is 0 Å². The highest BCUT2D eigenvalue weighted by Gasteiger charge is 2.27. The molecule has 0 saturated carbocycles. The Hall–Kier alpha value is -2.71. The van der Waals surface area contributed by atoms with Gasteiger partial charge in [0.1, 0.15) is 0 Å². The van der Waals surface area contributed by atoms with Crippen LogP contribution in [0.4, 0.5) is 0 Å². The largest absolute Gasteiger partial charge is 0.336 e. The van der Waals surface area contributed by atoms with E-state index in [1.165, 1.54) is 9.71 Å². The van der Waals surface area contributed by atoms with Gasteiger partial charge in [-0.2, -0.15) is 4.31 Å². The number of carbonyl (C=O) groups is 1. The van der Waals surface area contributed by atoms with Crippen LogP contribution >= 0.6 is 24.0 Å². The zero-order valence-corrected chi connectivity index (χ0v) is 20.1. The quantitative estimate of drug-likeness (QED) is 0.510. The van der Waals surface area contributed by atoms with Crippen molar-refractivity contribution in [2.75, 3.05) is 26.2 Å². The van der Waals surface area contributed by atoms with Crippen LogP contribution in [-0.2, 0) is 10.0 Å². The van der Waals surface area contributed by atoms with Crippen molar-refractivity contribution in [2.45, 2.75) is 0 Å². The molecule has 0 radical (unpaired) electrons. The van der Waals surface area contributed by atoms with Gasteiger partial charge in [-0.25, -0.2) is 8.42 Å². The third-order valence-corrected chi connectivity index (χ3v) is 7.15. The van der Waals surface area contributed by atoms with Gasteiger partial charge in [-0.1, -0.05) is 35.9 Å². The number of benzene rings is 2. The molecule has 1 saturated heterocycles. The second-order valence-electron chi connectivity index (χ2n) is 7.40. The van der Waals surface area contributed by atoms with Crippen molar-refractivity contribution in [1.82, 2.24) is 14.2 Å². The molecule has 2 aromatic carbocycles. The molecule has 3 aromatic rings. The molecule has 1 aliphatic heterocycles. The first-order chi connectivity index (χ1) is 15.4. The maximum absolute atomic E-state index is 12.9. The first-order valence-electron chi connectivity index (χ1n) is 10.2. The Balaban J connectivity index is 0.00000306. The highest BCUT2D eigenvalue weighted by Crippen LogP contribution is 2.20. The van der Waals surface area contributed by atoms with Crippen molar-refractivity contribution in [2.24, 2.45) is 0 Å². The van der Waals surface area contributed by atoms with Gasteiger partial charge in [-0.05, 0) is 59.2 Å². The summed E-state index contributed by atoms with van der Waals surface area (Å²) in [7, 11) is -3.56. The second kappa shape index (κ2) is 10.9. The number of pyridine rings is 1. The Morgan fingerprint density at radius 3 is 2.03 bits per heavy atom. The van der Waals surface area contributed by atoms with E-state index >= 15 is 0 Å². The second-order valence-corrected chi connectivity index (χ2v) is 9.66. The Morgan fingerprint density at radius 1 is 0.848 bits per heavy atom. The molecule has 0 aliphatic carbocycles. The third-order valence-electron chi connectivity index (χ3n) is 5.33. The van der Waals surface area contributed by atoms with E-state index in [1.807, 2.05) is 24.3 Å². The molecule has 9 heteroatoms. The average Bonchev–Trinajstić information content (AvgIpc) is 2.84. The molecule has 1 amide bonds. The van der Waals surface area contributed by atoms with Crippen LogP contribution in [0.5, 0.6) is 0 Å². The lowest BCUT2D eigenvalue weighted by atomic mass is 10.0. The van der Waals surface area contributed by atoms with E-state index in [0.29, 0.717) is 23.7 Å². The zero-order chi connectivity index (χ0) is 22.6.